The molecule has 0 aromatic heterocycles. The highest BCUT2D eigenvalue weighted by molar-refractivity contribution is 5.95. The van der Waals surface area contributed by atoms with Crippen molar-refractivity contribution in [3.05, 3.63) is 34.9 Å². The largest absolute Gasteiger partial charge is 0.462 e. The number of aliphatic hydroxyl groups excluding tert-OH is 4. The van der Waals surface area contributed by atoms with Crippen LogP contribution < -0.4 is 0 Å². The van der Waals surface area contributed by atoms with Crippen LogP contribution in [0.15, 0.2) is 18.2 Å². The Hall–Kier alpha value is -2.00. The Kier molecular flexibility index (Phi) is 12.1. The second-order valence-corrected chi connectivity index (χ2v) is 7.02. The average molecular weight is 412 g/mol. The summed E-state index contributed by atoms with van der Waals surface area (Å²) in [6.45, 7) is 1.56. The summed E-state index contributed by atoms with van der Waals surface area (Å²) in [5, 5.41) is 36.0. The number of aryl methyl sites for hydroxylation is 1. The van der Waals surface area contributed by atoms with E-state index in [0.717, 1.165) is 5.56 Å². The molecule has 0 amide bonds. The van der Waals surface area contributed by atoms with E-state index in [2.05, 4.69) is 0 Å². The number of ether oxygens (including phenoxy) is 2. The van der Waals surface area contributed by atoms with Gasteiger partial charge in [0.25, 0.3) is 0 Å². The van der Waals surface area contributed by atoms with Gasteiger partial charge in [0.2, 0.25) is 0 Å². The van der Waals surface area contributed by atoms with Gasteiger partial charge in [0, 0.05) is 0 Å². The van der Waals surface area contributed by atoms with Crippen molar-refractivity contribution in [3.63, 3.8) is 0 Å². The van der Waals surface area contributed by atoms with Crippen LogP contribution in [0.2, 0.25) is 0 Å². The van der Waals surface area contributed by atoms with E-state index in [0.29, 0.717) is 38.5 Å². The number of hydrogen-bond donors (Lipinski definition) is 4. The average Bonchev–Trinajstić information content (AvgIpc) is 2.71. The first-order valence-corrected chi connectivity index (χ1v) is 9.91. The van der Waals surface area contributed by atoms with Gasteiger partial charge in [-0.05, 0) is 69.2 Å². The highest BCUT2D eigenvalue weighted by Crippen LogP contribution is 2.13. The van der Waals surface area contributed by atoms with Crippen LogP contribution in [0.4, 0.5) is 0 Å². The van der Waals surface area contributed by atoms with Gasteiger partial charge in [0.05, 0.1) is 49.8 Å². The zero-order chi connectivity index (χ0) is 21.6. The van der Waals surface area contributed by atoms with Crippen LogP contribution >= 0.6 is 0 Å². The Bertz CT molecular complexity index is 581. The summed E-state index contributed by atoms with van der Waals surface area (Å²) in [5.74, 6) is -1.08. The van der Waals surface area contributed by atoms with Gasteiger partial charge in [-0.1, -0.05) is 0 Å². The summed E-state index contributed by atoms with van der Waals surface area (Å²) in [6.07, 6.45) is 1.74. The normalized spacial score (nSPS) is 13.0. The Morgan fingerprint density at radius 3 is 1.59 bits per heavy atom. The van der Waals surface area contributed by atoms with Crippen molar-refractivity contribution >= 4 is 11.9 Å². The molecule has 0 aliphatic heterocycles. The lowest BCUT2D eigenvalue weighted by molar-refractivity contribution is 0.0483. The molecule has 0 saturated heterocycles. The standard InChI is InChI=1S/C21H32O8/c1-15-10-16(20(26)28-8-4-2-6-18(24)13-22)12-17(11-15)21(27)29-9-5-3-7-19(25)14-23/h10-12,18-19,22-25H,2-9,13-14H2,1H3. The van der Waals surface area contributed by atoms with E-state index < -0.39 is 24.1 Å². The Morgan fingerprint density at radius 2 is 1.21 bits per heavy atom. The summed E-state index contributed by atoms with van der Waals surface area (Å²) >= 11 is 0. The Balaban J connectivity index is 2.46. The van der Waals surface area contributed by atoms with Crippen LogP contribution in [0.1, 0.15) is 64.8 Å². The van der Waals surface area contributed by atoms with Gasteiger partial charge in [-0.2, -0.15) is 0 Å². The fourth-order valence-electron chi connectivity index (χ4n) is 2.66. The van der Waals surface area contributed by atoms with Gasteiger partial charge in [0.1, 0.15) is 0 Å². The summed E-state index contributed by atoms with van der Waals surface area (Å²) in [6, 6.07) is 4.69. The van der Waals surface area contributed by atoms with E-state index in [1.165, 1.54) is 6.07 Å². The van der Waals surface area contributed by atoms with Crippen molar-refractivity contribution in [2.75, 3.05) is 26.4 Å². The topological polar surface area (TPSA) is 134 Å². The van der Waals surface area contributed by atoms with Gasteiger partial charge in [0.15, 0.2) is 0 Å². The maximum atomic E-state index is 12.2. The molecule has 0 radical (unpaired) electrons. The van der Waals surface area contributed by atoms with Crippen LogP contribution in [0.5, 0.6) is 0 Å². The third-order valence-corrected chi connectivity index (χ3v) is 4.30. The molecule has 2 unspecified atom stereocenters. The first kappa shape index (κ1) is 25.0. The Labute approximate surface area is 171 Å². The monoisotopic (exact) mass is 412 g/mol. The van der Waals surface area contributed by atoms with Crippen LogP contribution in [0, 0.1) is 6.92 Å². The number of esters is 2. The molecule has 0 aliphatic rings. The summed E-state index contributed by atoms with van der Waals surface area (Å²) in [7, 11) is 0. The fourth-order valence-corrected chi connectivity index (χ4v) is 2.66. The quantitative estimate of drug-likeness (QED) is 0.266. The van der Waals surface area contributed by atoms with Crippen molar-refractivity contribution in [1.82, 2.24) is 0 Å². The van der Waals surface area contributed by atoms with E-state index in [9.17, 15) is 19.8 Å². The molecular formula is C21H32O8. The summed E-state index contributed by atoms with van der Waals surface area (Å²) < 4.78 is 10.4. The molecule has 8 nitrogen and oxygen atoms in total. The fraction of sp³-hybridized carbons (Fsp3) is 0.619. The molecule has 0 bridgehead atoms. The van der Waals surface area contributed by atoms with Crippen LogP contribution in [0.3, 0.4) is 0 Å². The summed E-state index contributed by atoms with van der Waals surface area (Å²) in [5.41, 5.74) is 1.25. The third-order valence-electron chi connectivity index (χ3n) is 4.30. The smallest absolute Gasteiger partial charge is 0.338 e. The van der Waals surface area contributed by atoms with Crippen molar-refractivity contribution in [1.29, 1.82) is 0 Å². The van der Waals surface area contributed by atoms with E-state index in [1.54, 1.807) is 19.1 Å². The molecule has 1 rings (SSSR count). The lowest BCUT2D eigenvalue weighted by Gasteiger charge is -2.10. The van der Waals surface area contributed by atoms with Crippen LogP contribution in [0.25, 0.3) is 0 Å². The van der Waals surface area contributed by atoms with Gasteiger partial charge in [-0.25, -0.2) is 9.59 Å². The SMILES string of the molecule is Cc1cc(C(=O)OCCCCC(O)CO)cc(C(=O)OCCCCC(O)CO)c1. The second kappa shape index (κ2) is 14.1. The molecule has 0 fully saturated rings. The predicted molar refractivity (Wildman–Crippen MR) is 106 cm³/mol. The van der Waals surface area contributed by atoms with Crippen molar-refractivity contribution < 1.29 is 39.5 Å². The van der Waals surface area contributed by atoms with Gasteiger partial charge in [-0.15, -0.1) is 0 Å². The van der Waals surface area contributed by atoms with Crippen LogP contribution in [-0.4, -0.2) is 71.0 Å². The molecule has 2 atom stereocenters. The molecular weight excluding hydrogens is 380 g/mol. The summed E-state index contributed by atoms with van der Waals surface area (Å²) in [4.78, 5) is 24.4. The van der Waals surface area contributed by atoms with Gasteiger partial charge in [-0.3, -0.25) is 0 Å². The minimum absolute atomic E-state index is 0.185. The van der Waals surface area contributed by atoms with Crippen molar-refractivity contribution in [2.24, 2.45) is 0 Å². The van der Waals surface area contributed by atoms with E-state index in [1.807, 2.05) is 0 Å². The van der Waals surface area contributed by atoms with Gasteiger partial charge >= 0.3 is 11.9 Å². The first-order valence-electron chi connectivity index (χ1n) is 9.91. The van der Waals surface area contributed by atoms with E-state index >= 15 is 0 Å². The zero-order valence-corrected chi connectivity index (χ0v) is 16.9. The molecule has 0 heterocycles. The van der Waals surface area contributed by atoms with E-state index in [4.69, 9.17) is 19.7 Å². The number of carbonyl (C=O) groups is 2. The molecule has 29 heavy (non-hydrogen) atoms. The second-order valence-electron chi connectivity index (χ2n) is 7.02. The van der Waals surface area contributed by atoms with Crippen molar-refractivity contribution in [3.8, 4) is 0 Å². The lowest BCUT2D eigenvalue weighted by Crippen LogP contribution is -2.13. The molecule has 0 saturated carbocycles. The maximum Gasteiger partial charge on any atom is 0.338 e. The molecule has 1 aromatic carbocycles. The number of unbranched alkanes of at least 4 members (excludes halogenated alkanes) is 2. The number of carbonyl (C=O) groups excluding carboxylic acids is 2. The highest BCUT2D eigenvalue weighted by Gasteiger charge is 2.14. The molecule has 164 valence electrons. The highest BCUT2D eigenvalue weighted by atomic mass is 16.5. The Morgan fingerprint density at radius 1 is 0.793 bits per heavy atom. The van der Waals surface area contributed by atoms with Crippen molar-refractivity contribution in [2.45, 2.75) is 57.7 Å². The third kappa shape index (κ3) is 10.4. The molecule has 8 heteroatoms. The number of rotatable bonds is 14. The lowest BCUT2D eigenvalue weighted by atomic mass is 10.1. The zero-order valence-electron chi connectivity index (χ0n) is 16.9. The molecule has 1 aromatic rings. The molecule has 0 aliphatic carbocycles. The maximum absolute atomic E-state index is 12.2. The minimum Gasteiger partial charge on any atom is -0.462 e. The minimum atomic E-state index is -0.754. The number of hydrogen-bond acceptors (Lipinski definition) is 8. The molecule has 0 spiro atoms. The number of aliphatic hydroxyl groups is 4. The number of benzene rings is 1. The van der Waals surface area contributed by atoms with Gasteiger partial charge < -0.3 is 29.9 Å². The predicted octanol–water partition coefficient (Wildman–Crippen LogP) is 1.36. The first-order chi connectivity index (χ1) is 13.9. The van der Waals surface area contributed by atoms with E-state index in [-0.39, 0.29) is 37.6 Å². The molecule has 4 N–H and O–H groups in total. The van der Waals surface area contributed by atoms with Crippen LogP contribution in [-0.2, 0) is 9.47 Å².